The minimum absolute atomic E-state index is 0.00977. The molecule has 0 bridgehead atoms. The number of nitrogens with zero attached hydrogens (tertiary/aromatic N) is 1. The number of nitro groups is 1. The van der Waals surface area contributed by atoms with E-state index in [2.05, 4.69) is 33.4 Å². The van der Waals surface area contributed by atoms with Gasteiger partial charge in [0.25, 0.3) is 5.69 Å². The second-order valence-corrected chi connectivity index (χ2v) is 11.5. The quantitative estimate of drug-likeness (QED) is 0.151. The summed E-state index contributed by atoms with van der Waals surface area (Å²) in [6.45, 7) is 1.57. The van der Waals surface area contributed by atoms with E-state index < -0.39 is 0 Å². The zero-order chi connectivity index (χ0) is 24.0. The van der Waals surface area contributed by atoms with Crippen molar-refractivity contribution in [2.24, 2.45) is 5.92 Å². The fourth-order valence-corrected chi connectivity index (χ4v) is 7.41. The highest BCUT2D eigenvalue weighted by Gasteiger charge is 2.50. The van der Waals surface area contributed by atoms with Crippen molar-refractivity contribution in [3.8, 4) is 0 Å². The van der Waals surface area contributed by atoms with Crippen LogP contribution in [0.25, 0.3) is 0 Å². The number of alkyl halides is 1. The van der Waals surface area contributed by atoms with Crippen LogP contribution in [0.5, 0.6) is 0 Å². The van der Waals surface area contributed by atoms with Gasteiger partial charge in [-0.25, -0.2) is 0 Å². The standard InChI is InChI=1S/C26H22BrClN2O3S/c1-14(31)16-8-11-20-18(12-16)24-19(26(29-20)15-6-9-17(27)10-7-15)13-23(25(24)28)34-22-5-3-2-4-21(22)30(32)33/h2-12,19,23-26,29H,13H2,1H3/t19-,23+,24-,25+,26-/m0/s1. The number of hydrogen-bond acceptors (Lipinski definition) is 5. The third-order valence-corrected chi connectivity index (χ3v) is 9.43. The molecule has 1 heterocycles. The zero-order valence-corrected chi connectivity index (χ0v) is 21.4. The van der Waals surface area contributed by atoms with Crippen LogP contribution in [0.2, 0.25) is 0 Å². The van der Waals surface area contributed by atoms with Crippen LogP contribution in [-0.4, -0.2) is 21.3 Å². The summed E-state index contributed by atoms with van der Waals surface area (Å²) in [4.78, 5) is 24.0. The first kappa shape index (κ1) is 23.4. The summed E-state index contributed by atoms with van der Waals surface area (Å²) in [7, 11) is 0. The molecular formula is C26H22BrClN2O3S. The van der Waals surface area contributed by atoms with Gasteiger partial charge < -0.3 is 5.32 Å². The van der Waals surface area contributed by atoms with Gasteiger partial charge in [0, 0.05) is 33.0 Å². The molecule has 5 rings (SSSR count). The lowest BCUT2D eigenvalue weighted by Crippen LogP contribution is -2.31. The zero-order valence-electron chi connectivity index (χ0n) is 18.3. The molecule has 1 fully saturated rings. The molecule has 0 radical (unpaired) electrons. The molecule has 1 saturated carbocycles. The minimum Gasteiger partial charge on any atom is -0.378 e. The number of nitro benzene ring substituents is 1. The maximum atomic E-state index is 12.1. The molecule has 0 aromatic heterocycles. The summed E-state index contributed by atoms with van der Waals surface area (Å²) in [5, 5.41) is 15.0. The lowest BCUT2D eigenvalue weighted by molar-refractivity contribution is -0.387. The second-order valence-electron chi connectivity index (χ2n) is 8.78. The minimum atomic E-state index is -0.339. The molecule has 34 heavy (non-hydrogen) atoms. The van der Waals surface area contributed by atoms with Crippen LogP contribution in [0.4, 0.5) is 11.4 Å². The number of nitrogens with one attached hydrogen (secondary N) is 1. The highest BCUT2D eigenvalue weighted by molar-refractivity contribution is 9.10. The number of carbonyl (C=O) groups excluding carboxylic acids is 1. The van der Waals surface area contributed by atoms with E-state index in [-0.39, 0.29) is 44.9 Å². The summed E-state index contributed by atoms with van der Waals surface area (Å²) in [5.41, 5.74) is 3.98. The molecular weight excluding hydrogens is 536 g/mol. The van der Waals surface area contributed by atoms with Gasteiger partial charge in [0.1, 0.15) is 0 Å². The highest BCUT2D eigenvalue weighted by Crippen LogP contribution is 2.58. The van der Waals surface area contributed by atoms with Gasteiger partial charge in [-0.3, -0.25) is 14.9 Å². The number of anilines is 1. The molecule has 174 valence electrons. The first-order chi connectivity index (χ1) is 16.3. The van der Waals surface area contributed by atoms with Crippen LogP contribution in [0.15, 0.2) is 76.1 Å². The summed E-state index contributed by atoms with van der Waals surface area (Å²) in [5.74, 6) is 0.217. The van der Waals surface area contributed by atoms with Gasteiger partial charge in [-0.05, 0) is 66.8 Å². The van der Waals surface area contributed by atoms with E-state index >= 15 is 0 Å². The molecule has 8 heteroatoms. The topological polar surface area (TPSA) is 72.2 Å². The van der Waals surface area contributed by atoms with Crippen LogP contribution in [-0.2, 0) is 0 Å². The number of ketones is 1. The normalized spacial score (nSPS) is 25.2. The Bertz CT molecular complexity index is 1270. The fourth-order valence-electron chi connectivity index (χ4n) is 5.21. The summed E-state index contributed by atoms with van der Waals surface area (Å²) in [6, 6.07) is 21.0. The molecule has 0 saturated heterocycles. The lowest BCUT2D eigenvalue weighted by Gasteiger charge is -2.38. The van der Waals surface area contributed by atoms with Crippen molar-refractivity contribution in [2.75, 3.05) is 5.32 Å². The third-order valence-electron chi connectivity index (χ3n) is 6.79. The molecule has 5 nitrogen and oxygen atoms in total. The molecule has 1 aliphatic heterocycles. The Hall–Kier alpha value is -2.35. The van der Waals surface area contributed by atoms with Crippen molar-refractivity contribution in [1.82, 2.24) is 0 Å². The van der Waals surface area contributed by atoms with Crippen molar-refractivity contribution in [3.63, 3.8) is 0 Å². The second kappa shape index (κ2) is 9.36. The van der Waals surface area contributed by atoms with Gasteiger partial charge >= 0.3 is 0 Å². The average Bonchev–Trinajstić information content (AvgIpc) is 3.15. The van der Waals surface area contributed by atoms with E-state index in [1.807, 2.05) is 36.4 Å². The summed E-state index contributed by atoms with van der Waals surface area (Å²) >= 11 is 12.2. The molecule has 3 aromatic rings. The molecule has 5 atom stereocenters. The SMILES string of the molecule is CC(=O)c1ccc2c(c1)[C@@H]1[C@H](Cl)[C@H](Sc3ccccc3[N+](=O)[O-])C[C@@H]1[C@H](c1ccc(Br)cc1)N2. The summed E-state index contributed by atoms with van der Waals surface area (Å²) in [6.07, 6.45) is 0.799. The van der Waals surface area contributed by atoms with Gasteiger partial charge in [0.05, 0.1) is 21.2 Å². The lowest BCUT2D eigenvalue weighted by atomic mass is 9.76. The largest absolute Gasteiger partial charge is 0.378 e. The predicted octanol–water partition coefficient (Wildman–Crippen LogP) is 7.60. The first-order valence-electron chi connectivity index (χ1n) is 11.0. The van der Waals surface area contributed by atoms with Crippen molar-refractivity contribution in [2.45, 2.75) is 40.8 Å². The number of carbonyl (C=O) groups is 1. The van der Waals surface area contributed by atoms with Crippen LogP contribution in [0.3, 0.4) is 0 Å². The summed E-state index contributed by atoms with van der Waals surface area (Å²) < 4.78 is 1.02. The average molecular weight is 558 g/mol. The maximum Gasteiger partial charge on any atom is 0.282 e. The predicted molar refractivity (Wildman–Crippen MR) is 140 cm³/mol. The van der Waals surface area contributed by atoms with Crippen molar-refractivity contribution >= 4 is 56.5 Å². The number of thioether (sulfide) groups is 1. The number of benzene rings is 3. The number of Topliss-reactive ketones (excluding diaryl/α,β-unsaturated/α-hetero) is 1. The molecule has 0 amide bonds. The fraction of sp³-hybridized carbons (Fsp3) is 0.269. The van der Waals surface area contributed by atoms with Crippen LogP contribution in [0.1, 0.15) is 46.8 Å². The Morgan fingerprint density at radius 3 is 2.59 bits per heavy atom. The Morgan fingerprint density at radius 2 is 1.88 bits per heavy atom. The van der Waals surface area contributed by atoms with Gasteiger partial charge in [-0.1, -0.05) is 40.2 Å². The molecule has 0 unspecified atom stereocenters. The van der Waals surface area contributed by atoms with Gasteiger partial charge in [0.15, 0.2) is 5.78 Å². The number of halogens is 2. The molecule has 1 aliphatic carbocycles. The van der Waals surface area contributed by atoms with Gasteiger partial charge in [-0.15, -0.1) is 23.4 Å². The van der Waals surface area contributed by atoms with E-state index in [1.165, 1.54) is 23.4 Å². The number of hydrogen-bond donors (Lipinski definition) is 1. The third kappa shape index (κ3) is 4.25. The van der Waals surface area contributed by atoms with E-state index in [0.717, 1.165) is 22.1 Å². The van der Waals surface area contributed by atoms with Crippen molar-refractivity contribution in [3.05, 3.63) is 98.0 Å². The van der Waals surface area contributed by atoms with Crippen LogP contribution >= 0.6 is 39.3 Å². The van der Waals surface area contributed by atoms with Crippen LogP contribution in [0, 0.1) is 16.0 Å². The van der Waals surface area contributed by atoms with E-state index in [4.69, 9.17) is 11.6 Å². The van der Waals surface area contributed by atoms with E-state index in [1.54, 1.807) is 19.1 Å². The van der Waals surface area contributed by atoms with Gasteiger partial charge in [0.2, 0.25) is 0 Å². The Kier molecular flexibility index (Phi) is 6.44. The van der Waals surface area contributed by atoms with Gasteiger partial charge in [-0.2, -0.15) is 0 Å². The number of para-hydroxylation sites is 1. The monoisotopic (exact) mass is 556 g/mol. The Morgan fingerprint density at radius 1 is 1.15 bits per heavy atom. The van der Waals surface area contributed by atoms with Crippen molar-refractivity contribution in [1.29, 1.82) is 0 Å². The van der Waals surface area contributed by atoms with Crippen LogP contribution < -0.4 is 5.32 Å². The number of fused-ring (bicyclic) bond motifs is 3. The maximum absolute atomic E-state index is 12.1. The Balaban J connectivity index is 1.55. The van der Waals surface area contributed by atoms with E-state index in [0.29, 0.717) is 10.5 Å². The molecule has 1 N–H and O–H groups in total. The smallest absolute Gasteiger partial charge is 0.282 e. The first-order valence-corrected chi connectivity index (χ1v) is 13.2. The highest BCUT2D eigenvalue weighted by atomic mass is 79.9. The molecule has 3 aromatic carbocycles. The van der Waals surface area contributed by atoms with Crippen molar-refractivity contribution < 1.29 is 9.72 Å². The number of rotatable bonds is 5. The Labute approximate surface area is 215 Å². The molecule has 2 aliphatic rings. The van der Waals surface area contributed by atoms with E-state index in [9.17, 15) is 14.9 Å². The molecule has 0 spiro atoms.